The highest BCUT2D eigenvalue weighted by molar-refractivity contribution is 5.98. The van der Waals surface area contributed by atoms with Crippen LogP contribution in [0, 0.1) is 5.92 Å². The first-order valence-corrected chi connectivity index (χ1v) is 18.8. The molecule has 0 saturated carbocycles. The van der Waals surface area contributed by atoms with E-state index in [9.17, 15) is 39.0 Å². The van der Waals surface area contributed by atoms with Crippen LogP contribution in [-0.2, 0) is 35.2 Å². The van der Waals surface area contributed by atoms with Gasteiger partial charge in [0.15, 0.2) is 0 Å². The van der Waals surface area contributed by atoms with Gasteiger partial charge in [0.25, 0.3) is 0 Å². The van der Waals surface area contributed by atoms with Gasteiger partial charge in [0, 0.05) is 12.8 Å². The first-order chi connectivity index (χ1) is 25.2. The van der Waals surface area contributed by atoms with Crippen LogP contribution in [0.5, 0.6) is 5.75 Å². The molecule has 0 aromatic heterocycles. The number of amides is 5. The Bertz CT molecular complexity index is 1390. The maximum absolute atomic E-state index is 14.3. The predicted octanol–water partition coefficient (Wildman–Crippen LogP) is 1.66. The number of rotatable bonds is 17. The smallest absolute Gasteiger partial charge is 0.326 e. The summed E-state index contributed by atoms with van der Waals surface area (Å²) in [6.45, 7) is 6.01. The van der Waals surface area contributed by atoms with Crippen molar-refractivity contribution in [1.82, 2.24) is 26.6 Å². The highest BCUT2D eigenvalue weighted by atomic mass is 16.4. The fourth-order valence-corrected chi connectivity index (χ4v) is 6.04. The molecule has 15 heteroatoms. The molecule has 296 valence electrons. The van der Waals surface area contributed by atoms with Gasteiger partial charge in [-0.3, -0.25) is 24.0 Å². The maximum Gasteiger partial charge on any atom is 0.326 e. The topological polar surface area (TPSA) is 255 Å². The van der Waals surface area contributed by atoms with Crippen LogP contribution >= 0.6 is 0 Å². The molecule has 0 spiro atoms. The van der Waals surface area contributed by atoms with Gasteiger partial charge >= 0.3 is 5.97 Å². The van der Waals surface area contributed by atoms with Crippen LogP contribution in [0.25, 0.3) is 0 Å². The minimum absolute atomic E-state index is 0.00866. The van der Waals surface area contributed by atoms with Crippen LogP contribution in [-0.4, -0.2) is 88.5 Å². The fraction of sp³-hybridized carbons (Fsp3) is 0.632. The Kier molecular flexibility index (Phi) is 19.6. The van der Waals surface area contributed by atoms with Gasteiger partial charge in [0.1, 0.15) is 35.5 Å². The molecule has 5 amide bonds. The number of carboxylic acid groups (broad SMARTS) is 1. The normalized spacial score (nSPS) is 22.1. The molecule has 1 aliphatic heterocycles. The quantitative estimate of drug-likeness (QED) is 0.0824. The van der Waals surface area contributed by atoms with Crippen molar-refractivity contribution in [3.63, 3.8) is 0 Å². The molecular formula is C38H61N7O8. The Morgan fingerprint density at radius 1 is 0.868 bits per heavy atom. The molecule has 15 nitrogen and oxygen atoms in total. The van der Waals surface area contributed by atoms with E-state index >= 15 is 0 Å². The van der Waals surface area contributed by atoms with Crippen LogP contribution in [0.3, 0.4) is 0 Å². The van der Waals surface area contributed by atoms with Gasteiger partial charge in [0.05, 0.1) is 0 Å². The molecular weight excluding hydrogens is 682 g/mol. The lowest BCUT2D eigenvalue weighted by Gasteiger charge is -2.34. The largest absolute Gasteiger partial charge is 0.508 e. The van der Waals surface area contributed by atoms with Crippen molar-refractivity contribution >= 4 is 35.5 Å². The molecule has 1 aromatic carbocycles. The summed E-state index contributed by atoms with van der Waals surface area (Å²) in [5, 5.41) is 33.4. The van der Waals surface area contributed by atoms with E-state index in [1.165, 1.54) is 12.1 Å². The van der Waals surface area contributed by atoms with Crippen molar-refractivity contribution in [2.75, 3.05) is 13.1 Å². The average Bonchev–Trinajstić information content (AvgIpc) is 3.10. The van der Waals surface area contributed by atoms with E-state index in [1.54, 1.807) is 19.1 Å². The van der Waals surface area contributed by atoms with Gasteiger partial charge in [-0.2, -0.15) is 0 Å². The number of carboxylic acids is 1. The second-order valence-corrected chi connectivity index (χ2v) is 14.4. The standard InChI is InChI=1S/C38H61N7O8/c1-25(2)23-31(36(51)52)43-34(49)30(24-26-16-18-27(46)19-17-26)44-37(53)38(3)20-10-6-4-5-7-15-32(47)41-28(13-8-11-21-39)33(48)42-29(35(50)45-38)14-9-12-22-40/h4-5,16-19,25,28-31,46H,6-15,20-24,39-40H2,1-3H3,(H,41,47)(H,42,48)(H,43,49)(H,44,53)(H,45,50)(H,51,52)/b5-4-/t28-,29-,30-,31-,38-/m0/s1. The van der Waals surface area contributed by atoms with Crippen LogP contribution < -0.4 is 38.1 Å². The number of carbonyl (C=O) groups excluding carboxylic acids is 5. The number of carbonyl (C=O) groups is 6. The van der Waals surface area contributed by atoms with E-state index in [2.05, 4.69) is 26.6 Å². The number of nitrogens with two attached hydrogens (primary N) is 2. The van der Waals surface area contributed by atoms with Gasteiger partial charge < -0.3 is 48.3 Å². The third kappa shape index (κ3) is 16.4. The lowest BCUT2D eigenvalue weighted by Crippen LogP contribution is -2.64. The molecule has 5 atom stereocenters. The maximum atomic E-state index is 14.3. The average molecular weight is 744 g/mol. The highest BCUT2D eigenvalue weighted by Crippen LogP contribution is 2.19. The van der Waals surface area contributed by atoms with Gasteiger partial charge in [-0.25, -0.2) is 4.79 Å². The Morgan fingerprint density at radius 3 is 2.06 bits per heavy atom. The molecule has 0 unspecified atom stereocenters. The minimum Gasteiger partial charge on any atom is -0.508 e. The van der Waals surface area contributed by atoms with Crippen molar-refractivity contribution < 1.29 is 39.0 Å². The van der Waals surface area contributed by atoms with Gasteiger partial charge in [0.2, 0.25) is 29.5 Å². The number of nitrogens with one attached hydrogen (secondary N) is 5. The van der Waals surface area contributed by atoms with Crippen molar-refractivity contribution in [2.24, 2.45) is 17.4 Å². The third-order valence-corrected chi connectivity index (χ3v) is 9.15. The zero-order valence-corrected chi connectivity index (χ0v) is 31.5. The molecule has 1 heterocycles. The SMILES string of the molecule is CC(C)C[C@H](NC(=O)[C@H](Cc1ccc(O)cc1)NC(=O)[C@]1(C)CCC/C=C\CCC(=O)N[C@@H](CCCCN)C(=O)N[C@@H](CCCCN)C(=O)N1)C(=O)O. The van der Waals surface area contributed by atoms with Crippen LogP contribution in [0.1, 0.15) is 103 Å². The minimum atomic E-state index is -1.56. The number of aliphatic carboxylic acids is 1. The first kappa shape index (κ1) is 44.7. The lowest BCUT2D eigenvalue weighted by molar-refractivity contribution is -0.143. The molecule has 2 rings (SSSR count). The first-order valence-electron chi connectivity index (χ1n) is 18.8. The van der Waals surface area contributed by atoms with E-state index in [1.807, 2.05) is 26.0 Å². The molecule has 0 fully saturated rings. The summed E-state index contributed by atoms with van der Waals surface area (Å²) >= 11 is 0. The number of benzene rings is 1. The summed E-state index contributed by atoms with van der Waals surface area (Å²) < 4.78 is 0. The molecule has 1 aromatic rings. The van der Waals surface area contributed by atoms with Gasteiger partial charge in [-0.15, -0.1) is 0 Å². The van der Waals surface area contributed by atoms with E-state index in [4.69, 9.17) is 11.5 Å². The number of hydrogen-bond donors (Lipinski definition) is 9. The predicted molar refractivity (Wildman–Crippen MR) is 201 cm³/mol. The molecule has 0 aliphatic carbocycles. The molecule has 53 heavy (non-hydrogen) atoms. The number of allylic oxidation sites excluding steroid dienone is 2. The Hall–Kier alpha value is -4.50. The number of phenolic OH excluding ortho intramolecular Hbond substituents is 1. The van der Waals surface area contributed by atoms with Crippen molar-refractivity contribution in [3.05, 3.63) is 42.0 Å². The van der Waals surface area contributed by atoms with Crippen molar-refractivity contribution in [3.8, 4) is 5.75 Å². The molecule has 0 bridgehead atoms. The summed E-state index contributed by atoms with van der Waals surface area (Å²) in [4.78, 5) is 80.4. The van der Waals surface area contributed by atoms with Gasteiger partial charge in [-0.05, 0) is 114 Å². The molecule has 11 N–H and O–H groups in total. The summed E-state index contributed by atoms with van der Waals surface area (Å²) in [5.74, 6) is -4.08. The summed E-state index contributed by atoms with van der Waals surface area (Å²) in [6.07, 6.45) is 8.49. The zero-order valence-electron chi connectivity index (χ0n) is 31.5. The summed E-state index contributed by atoms with van der Waals surface area (Å²) in [6, 6.07) is 1.66. The monoisotopic (exact) mass is 743 g/mol. The third-order valence-electron chi connectivity index (χ3n) is 9.15. The number of aromatic hydroxyl groups is 1. The molecule has 0 saturated heterocycles. The van der Waals surface area contributed by atoms with Crippen LogP contribution in [0.15, 0.2) is 36.4 Å². The van der Waals surface area contributed by atoms with Crippen molar-refractivity contribution in [2.45, 2.75) is 134 Å². The van der Waals surface area contributed by atoms with E-state index < -0.39 is 59.3 Å². The Labute approximate surface area is 312 Å². The van der Waals surface area contributed by atoms with Crippen LogP contribution in [0.4, 0.5) is 0 Å². The lowest BCUT2D eigenvalue weighted by atomic mass is 9.91. The molecule has 1 aliphatic rings. The molecule has 0 radical (unpaired) electrons. The van der Waals surface area contributed by atoms with Crippen LogP contribution in [0.2, 0.25) is 0 Å². The number of hydrogen-bond acceptors (Lipinski definition) is 9. The second-order valence-electron chi connectivity index (χ2n) is 14.4. The number of unbranched alkanes of at least 4 members (excludes halogenated alkanes) is 2. The zero-order chi connectivity index (χ0) is 39.4. The van der Waals surface area contributed by atoms with E-state index in [-0.39, 0.29) is 49.7 Å². The Balaban J connectivity index is 2.48. The van der Waals surface area contributed by atoms with Crippen molar-refractivity contribution in [1.29, 1.82) is 0 Å². The highest BCUT2D eigenvalue weighted by Gasteiger charge is 2.39. The Morgan fingerprint density at radius 2 is 1.47 bits per heavy atom. The van der Waals surface area contributed by atoms with Gasteiger partial charge in [-0.1, -0.05) is 38.1 Å². The number of phenols is 1. The second kappa shape index (κ2) is 23.2. The fourth-order valence-electron chi connectivity index (χ4n) is 6.04. The van der Waals surface area contributed by atoms with E-state index in [0.29, 0.717) is 70.0 Å². The summed E-state index contributed by atoms with van der Waals surface area (Å²) in [5.41, 5.74) is 10.4. The van der Waals surface area contributed by atoms with E-state index in [0.717, 1.165) is 0 Å². The summed E-state index contributed by atoms with van der Waals surface area (Å²) in [7, 11) is 0.